The summed E-state index contributed by atoms with van der Waals surface area (Å²) in [6, 6.07) is 13.2. The molecule has 0 spiro atoms. The third-order valence-corrected chi connectivity index (χ3v) is 7.39. The van der Waals surface area contributed by atoms with Crippen molar-refractivity contribution in [1.29, 1.82) is 0 Å². The van der Waals surface area contributed by atoms with Gasteiger partial charge in [-0.2, -0.15) is 4.31 Å². The molecule has 2 aliphatic rings. The number of sulfonamides is 1. The minimum absolute atomic E-state index is 0.188. The Morgan fingerprint density at radius 2 is 1.78 bits per heavy atom. The van der Waals surface area contributed by atoms with Crippen LogP contribution in [0.15, 0.2) is 53.4 Å². The number of rotatable bonds is 2. The average molecular weight is 390 g/mol. The summed E-state index contributed by atoms with van der Waals surface area (Å²) in [5, 5.41) is 0. The van der Waals surface area contributed by atoms with E-state index in [1.165, 1.54) is 16.4 Å². The zero-order valence-electron chi connectivity index (χ0n) is 15.2. The van der Waals surface area contributed by atoms with E-state index in [4.69, 9.17) is 4.74 Å². The number of hydrogen-bond donors (Lipinski definition) is 0. The fourth-order valence-electron chi connectivity index (χ4n) is 3.93. The zero-order chi connectivity index (χ0) is 19.0. The summed E-state index contributed by atoms with van der Waals surface area (Å²) >= 11 is 0. The van der Waals surface area contributed by atoms with Gasteiger partial charge in [0.2, 0.25) is 10.0 Å². The van der Waals surface area contributed by atoms with Crippen molar-refractivity contribution in [2.75, 3.05) is 20.1 Å². The van der Waals surface area contributed by atoms with Crippen molar-refractivity contribution in [3.8, 4) is 5.75 Å². The molecule has 0 amide bonds. The van der Waals surface area contributed by atoms with E-state index in [1.807, 2.05) is 0 Å². The van der Waals surface area contributed by atoms with Gasteiger partial charge in [0, 0.05) is 26.7 Å². The normalized spacial score (nSPS) is 25.6. The molecule has 2 heterocycles. The van der Waals surface area contributed by atoms with Crippen LogP contribution in [0.3, 0.4) is 0 Å². The summed E-state index contributed by atoms with van der Waals surface area (Å²) in [5.74, 6) is 0.194. The highest BCUT2D eigenvalue weighted by Crippen LogP contribution is 2.35. The second kappa shape index (κ2) is 7.22. The topological polar surface area (TPSA) is 49.9 Å². The van der Waals surface area contributed by atoms with Crippen molar-refractivity contribution in [3.63, 3.8) is 0 Å². The number of likely N-dealkylation sites (tertiary alicyclic amines) is 1. The first-order valence-corrected chi connectivity index (χ1v) is 10.6. The van der Waals surface area contributed by atoms with Gasteiger partial charge < -0.3 is 4.74 Å². The Kier molecular flexibility index (Phi) is 4.92. The van der Waals surface area contributed by atoms with Crippen LogP contribution < -0.4 is 4.74 Å². The Morgan fingerprint density at radius 3 is 2.56 bits per heavy atom. The van der Waals surface area contributed by atoms with E-state index < -0.39 is 10.0 Å². The minimum atomic E-state index is -3.58. The smallest absolute Gasteiger partial charge is 0.246 e. The van der Waals surface area contributed by atoms with Crippen LogP contribution in [0, 0.1) is 5.82 Å². The highest BCUT2D eigenvalue weighted by atomic mass is 32.2. The second-order valence-corrected chi connectivity index (χ2v) is 9.14. The molecular weight excluding hydrogens is 367 g/mol. The van der Waals surface area contributed by atoms with Crippen LogP contribution in [0.25, 0.3) is 0 Å². The van der Waals surface area contributed by atoms with Gasteiger partial charge in [-0.15, -0.1) is 0 Å². The van der Waals surface area contributed by atoms with Gasteiger partial charge in [-0.05, 0) is 42.7 Å². The largest absolute Gasteiger partial charge is 0.487 e. The van der Waals surface area contributed by atoms with Crippen molar-refractivity contribution in [1.82, 2.24) is 9.21 Å². The molecule has 0 aromatic heterocycles. The third-order valence-electron chi connectivity index (χ3n) is 5.47. The summed E-state index contributed by atoms with van der Waals surface area (Å²) in [4.78, 5) is 2.51. The maximum atomic E-state index is 13.1. The first-order chi connectivity index (χ1) is 12.9. The predicted octanol–water partition coefficient (Wildman–Crippen LogP) is 2.87. The standard InChI is InChI=1S/C20H23FN2O3S/c1-22-17-10-12-23(14-15-6-8-16(21)9-7-15)13-11-18(17)26-19-4-2-3-5-20(19)27(22,24)25/h2-9,17-18H,10-14H2,1H3/t17-,18-/m1/s1. The molecule has 4 rings (SSSR count). The molecule has 0 bridgehead atoms. The number of nitrogens with zero attached hydrogens (tertiary/aromatic N) is 2. The molecule has 2 atom stereocenters. The summed E-state index contributed by atoms with van der Waals surface area (Å²) < 4.78 is 46.7. The van der Waals surface area contributed by atoms with E-state index in [0.717, 1.165) is 25.1 Å². The fourth-order valence-corrected chi connectivity index (χ4v) is 5.46. The van der Waals surface area contributed by atoms with Crippen LogP contribution in [0.1, 0.15) is 18.4 Å². The first kappa shape index (κ1) is 18.4. The number of benzene rings is 2. The lowest BCUT2D eigenvalue weighted by molar-refractivity contribution is 0.122. The number of halogens is 1. The van der Waals surface area contributed by atoms with Crippen LogP contribution >= 0.6 is 0 Å². The number of ether oxygens (including phenoxy) is 1. The second-order valence-electron chi connectivity index (χ2n) is 7.17. The van der Waals surface area contributed by atoms with Crippen LogP contribution in [0.2, 0.25) is 0 Å². The Bertz CT molecular complexity index is 917. The van der Waals surface area contributed by atoms with Gasteiger partial charge in [-0.1, -0.05) is 24.3 Å². The van der Waals surface area contributed by atoms with Gasteiger partial charge in [-0.25, -0.2) is 12.8 Å². The van der Waals surface area contributed by atoms with Gasteiger partial charge in [0.1, 0.15) is 22.6 Å². The van der Waals surface area contributed by atoms with Crippen molar-refractivity contribution < 1.29 is 17.5 Å². The lowest BCUT2D eigenvalue weighted by Crippen LogP contribution is -2.44. The summed E-state index contributed by atoms with van der Waals surface area (Å²) in [5.41, 5.74) is 1.05. The molecule has 0 aliphatic carbocycles. The van der Waals surface area contributed by atoms with Crippen molar-refractivity contribution >= 4 is 10.0 Å². The summed E-state index contributed by atoms with van der Waals surface area (Å²) in [6.07, 6.45) is 1.24. The molecule has 0 N–H and O–H groups in total. The van der Waals surface area contributed by atoms with Crippen LogP contribution in [0.5, 0.6) is 5.75 Å². The van der Waals surface area contributed by atoms with Gasteiger partial charge in [0.15, 0.2) is 0 Å². The molecule has 0 radical (unpaired) electrons. The minimum Gasteiger partial charge on any atom is -0.487 e. The molecule has 0 saturated carbocycles. The highest BCUT2D eigenvalue weighted by Gasteiger charge is 2.41. The molecular formula is C20H23FN2O3S. The molecule has 1 saturated heterocycles. The SMILES string of the molecule is CN1[C@@H]2CCN(Cc3ccc(F)cc3)CC[C@H]2Oc2ccccc2S1(=O)=O. The van der Waals surface area contributed by atoms with Crippen molar-refractivity contribution in [3.05, 3.63) is 59.9 Å². The van der Waals surface area contributed by atoms with Gasteiger partial charge in [0.05, 0.1) is 6.04 Å². The summed E-state index contributed by atoms with van der Waals surface area (Å²) in [6.45, 7) is 2.28. The van der Waals surface area contributed by atoms with Crippen molar-refractivity contribution in [2.45, 2.75) is 36.4 Å². The fraction of sp³-hybridized carbons (Fsp3) is 0.400. The Balaban J connectivity index is 1.56. The molecule has 27 heavy (non-hydrogen) atoms. The average Bonchev–Trinajstić information content (AvgIpc) is 2.89. The lowest BCUT2D eigenvalue weighted by Gasteiger charge is -2.28. The zero-order valence-corrected chi connectivity index (χ0v) is 16.0. The predicted molar refractivity (Wildman–Crippen MR) is 101 cm³/mol. The quantitative estimate of drug-likeness (QED) is 0.791. The molecule has 2 aromatic carbocycles. The number of fused-ring (bicyclic) bond motifs is 2. The number of likely N-dealkylation sites (N-methyl/N-ethyl adjacent to an activating group) is 1. The monoisotopic (exact) mass is 390 g/mol. The van der Waals surface area contributed by atoms with Crippen molar-refractivity contribution in [2.24, 2.45) is 0 Å². The lowest BCUT2D eigenvalue weighted by atomic mass is 10.1. The van der Waals surface area contributed by atoms with E-state index in [9.17, 15) is 12.8 Å². The van der Waals surface area contributed by atoms with Gasteiger partial charge in [0.25, 0.3) is 0 Å². The van der Waals surface area contributed by atoms with E-state index >= 15 is 0 Å². The van der Waals surface area contributed by atoms with E-state index in [-0.39, 0.29) is 22.9 Å². The molecule has 2 aromatic rings. The number of para-hydroxylation sites is 1. The van der Waals surface area contributed by atoms with Crippen LogP contribution in [-0.4, -0.2) is 49.9 Å². The number of hydrogen-bond acceptors (Lipinski definition) is 4. The Morgan fingerprint density at radius 1 is 1.07 bits per heavy atom. The van der Waals surface area contributed by atoms with Crippen LogP contribution in [0.4, 0.5) is 4.39 Å². The Labute approximate surface area is 159 Å². The van der Waals surface area contributed by atoms with Gasteiger partial charge in [-0.3, -0.25) is 4.90 Å². The van der Waals surface area contributed by atoms with Crippen LogP contribution in [-0.2, 0) is 16.6 Å². The molecule has 0 unspecified atom stereocenters. The molecule has 2 aliphatic heterocycles. The molecule has 5 nitrogen and oxygen atoms in total. The molecule has 7 heteroatoms. The summed E-state index contributed by atoms with van der Waals surface area (Å²) in [7, 11) is -1.93. The van der Waals surface area contributed by atoms with E-state index in [2.05, 4.69) is 4.90 Å². The molecule has 144 valence electrons. The first-order valence-electron chi connectivity index (χ1n) is 9.16. The van der Waals surface area contributed by atoms with E-state index in [1.54, 1.807) is 43.4 Å². The highest BCUT2D eigenvalue weighted by molar-refractivity contribution is 7.89. The Hall–Kier alpha value is -1.96. The maximum Gasteiger partial charge on any atom is 0.246 e. The maximum absolute atomic E-state index is 13.1. The molecule has 1 fully saturated rings. The van der Waals surface area contributed by atoms with Gasteiger partial charge >= 0.3 is 0 Å². The van der Waals surface area contributed by atoms with E-state index in [0.29, 0.717) is 18.7 Å². The third kappa shape index (κ3) is 3.59.